The van der Waals surface area contributed by atoms with Crippen molar-refractivity contribution in [1.82, 2.24) is 15.1 Å². The van der Waals surface area contributed by atoms with Crippen molar-refractivity contribution in [2.75, 3.05) is 18.0 Å². The minimum Gasteiger partial charge on any atom is -0.477 e. The van der Waals surface area contributed by atoms with Gasteiger partial charge in [0.15, 0.2) is 6.10 Å². The summed E-state index contributed by atoms with van der Waals surface area (Å²) in [5.74, 6) is 0.105. The zero-order valence-corrected chi connectivity index (χ0v) is 18.0. The van der Waals surface area contributed by atoms with E-state index < -0.39 is 6.10 Å². The van der Waals surface area contributed by atoms with Gasteiger partial charge in [-0.2, -0.15) is 5.10 Å². The molecule has 1 aliphatic rings. The monoisotopic (exact) mass is 418 g/mol. The molecule has 1 aliphatic heterocycles. The SMILES string of the molecule is Cc1nn(C)c(C)c1C(=O)N1C[C@@H](C(=O)NCCc2ccccc2)Oc2ccccc21. The van der Waals surface area contributed by atoms with Crippen LogP contribution in [0.1, 0.15) is 27.3 Å². The first-order valence-electron chi connectivity index (χ1n) is 10.3. The highest BCUT2D eigenvalue weighted by Crippen LogP contribution is 2.34. The maximum absolute atomic E-state index is 13.5. The molecular formula is C24H26N4O3. The Labute approximate surface area is 181 Å². The maximum atomic E-state index is 13.5. The van der Waals surface area contributed by atoms with Gasteiger partial charge in [0, 0.05) is 19.3 Å². The maximum Gasteiger partial charge on any atom is 0.262 e. The number of ether oxygens (including phenoxy) is 1. The third-order valence-electron chi connectivity index (χ3n) is 5.59. The van der Waals surface area contributed by atoms with Crippen molar-refractivity contribution in [3.63, 3.8) is 0 Å². The first-order valence-corrected chi connectivity index (χ1v) is 10.3. The molecular weight excluding hydrogens is 392 g/mol. The van der Waals surface area contributed by atoms with E-state index in [4.69, 9.17) is 4.74 Å². The van der Waals surface area contributed by atoms with Crippen LogP contribution in [-0.4, -0.2) is 40.8 Å². The number of benzene rings is 2. The normalized spacial score (nSPS) is 15.2. The van der Waals surface area contributed by atoms with Gasteiger partial charge in [-0.05, 0) is 38.0 Å². The predicted molar refractivity (Wildman–Crippen MR) is 118 cm³/mol. The summed E-state index contributed by atoms with van der Waals surface area (Å²) in [6.45, 7) is 4.33. The van der Waals surface area contributed by atoms with Crippen LogP contribution < -0.4 is 15.0 Å². The van der Waals surface area contributed by atoms with E-state index in [1.807, 2.05) is 69.4 Å². The second kappa shape index (κ2) is 8.63. The molecule has 0 unspecified atom stereocenters. The summed E-state index contributed by atoms with van der Waals surface area (Å²) in [4.78, 5) is 27.9. The number of aromatic nitrogens is 2. The molecule has 0 aliphatic carbocycles. The lowest BCUT2D eigenvalue weighted by molar-refractivity contribution is -0.127. The molecule has 0 saturated heterocycles. The number of aryl methyl sites for hydroxylation is 2. The molecule has 0 radical (unpaired) electrons. The number of carbonyl (C=O) groups is 2. The van der Waals surface area contributed by atoms with Crippen LogP contribution in [-0.2, 0) is 18.3 Å². The number of carbonyl (C=O) groups excluding carboxylic acids is 2. The molecule has 7 nitrogen and oxygen atoms in total. The summed E-state index contributed by atoms with van der Waals surface area (Å²) in [7, 11) is 1.81. The number of fused-ring (bicyclic) bond motifs is 1. The van der Waals surface area contributed by atoms with Crippen LogP contribution in [0.4, 0.5) is 5.69 Å². The van der Waals surface area contributed by atoms with Crippen LogP contribution in [0, 0.1) is 13.8 Å². The van der Waals surface area contributed by atoms with Gasteiger partial charge in [-0.3, -0.25) is 14.3 Å². The highest BCUT2D eigenvalue weighted by molar-refractivity contribution is 6.09. The number of para-hydroxylation sites is 2. The van der Waals surface area contributed by atoms with Crippen molar-refractivity contribution in [1.29, 1.82) is 0 Å². The number of nitrogens with one attached hydrogen (secondary N) is 1. The third-order valence-corrected chi connectivity index (χ3v) is 5.59. The van der Waals surface area contributed by atoms with E-state index in [0.717, 1.165) is 17.7 Å². The summed E-state index contributed by atoms with van der Waals surface area (Å²) >= 11 is 0. The van der Waals surface area contributed by atoms with E-state index in [-0.39, 0.29) is 18.4 Å². The highest BCUT2D eigenvalue weighted by atomic mass is 16.5. The summed E-state index contributed by atoms with van der Waals surface area (Å²) in [6, 6.07) is 17.3. The zero-order valence-electron chi connectivity index (χ0n) is 18.0. The topological polar surface area (TPSA) is 76.5 Å². The van der Waals surface area contributed by atoms with Crippen LogP contribution in [0.2, 0.25) is 0 Å². The molecule has 0 spiro atoms. The van der Waals surface area contributed by atoms with E-state index in [9.17, 15) is 9.59 Å². The Bertz CT molecular complexity index is 1110. The molecule has 1 aromatic heterocycles. The summed E-state index contributed by atoms with van der Waals surface area (Å²) < 4.78 is 7.65. The molecule has 1 N–H and O–H groups in total. The van der Waals surface area contributed by atoms with Gasteiger partial charge in [-0.15, -0.1) is 0 Å². The highest BCUT2D eigenvalue weighted by Gasteiger charge is 2.35. The summed E-state index contributed by atoms with van der Waals surface area (Å²) in [5, 5.41) is 7.30. The summed E-state index contributed by atoms with van der Waals surface area (Å²) in [6.07, 6.45) is -0.0565. The van der Waals surface area contributed by atoms with Gasteiger partial charge in [-0.1, -0.05) is 42.5 Å². The van der Waals surface area contributed by atoms with Gasteiger partial charge in [0.2, 0.25) is 0 Å². The Hall–Kier alpha value is -3.61. The van der Waals surface area contributed by atoms with Crippen molar-refractivity contribution >= 4 is 17.5 Å². The Kier molecular flexibility index (Phi) is 5.75. The number of hydrogen-bond acceptors (Lipinski definition) is 4. The van der Waals surface area contributed by atoms with Crippen LogP contribution in [0.25, 0.3) is 0 Å². The Balaban J connectivity index is 1.53. The van der Waals surface area contributed by atoms with Gasteiger partial charge in [0.05, 0.1) is 23.5 Å². The zero-order chi connectivity index (χ0) is 22.0. The van der Waals surface area contributed by atoms with E-state index in [0.29, 0.717) is 29.2 Å². The lowest BCUT2D eigenvalue weighted by Gasteiger charge is -2.34. The lowest BCUT2D eigenvalue weighted by Crippen LogP contribution is -2.51. The Morgan fingerprint density at radius 3 is 2.52 bits per heavy atom. The second-order valence-corrected chi connectivity index (χ2v) is 7.69. The molecule has 0 bridgehead atoms. The van der Waals surface area contributed by atoms with Crippen LogP contribution in [0.5, 0.6) is 5.75 Å². The van der Waals surface area contributed by atoms with E-state index in [1.165, 1.54) is 0 Å². The van der Waals surface area contributed by atoms with Crippen LogP contribution in [0.3, 0.4) is 0 Å². The number of hydrogen-bond donors (Lipinski definition) is 1. The standard InChI is InChI=1S/C24H26N4O3/c1-16-22(17(2)27(3)26-16)24(30)28-15-21(31-20-12-8-7-11-19(20)28)23(29)25-14-13-18-9-5-4-6-10-18/h4-12,21H,13-15H2,1-3H3,(H,25,29)/t21-/m0/s1. The molecule has 2 amide bonds. The predicted octanol–water partition coefficient (Wildman–Crippen LogP) is 2.80. The average molecular weight is 418 g/mol. The molecule has 4 rings (SSSR count). The van der Waals surface area contributed by atoms with Crippen molar-refractivity contribution in [2.24, 2.45) is 7.05 Å². The van der Waals surface area contributed by atoms with Gasteiger partial charge < -0.3 is 15.0 Å². The fourth-order valence-electron chi connectivity index (χ4n) is 3.87. The smallest absolute Gasteiger partial charge is 0.262 e. The second-order valence-electron chi connectivity index (χ2n) is 7.69. The van der Waals surface area contributed by atoms with E-state index in [2.05, 4.69) is 10.4 Å². The first-order chi connectivity index (χ1) is 15.0. The first kappa shape index (κ1) is 20.7. The molecule has 1 atom stereocenters. The number of rotatable bonds is 5. The van der Waals surface area contributed by atoms with E-state index in [1.54, 1.807) is 15.6 Å². The molecule has 0 saturated carbocycles. The number of anilines is 1. The largest absolute Gasteiger partial charge is 0.477 e. The average Bonchev–Trinajstić information content (AvgIpc) is 3.04. The minimum absolute atomic E-state index is 0.140. The number of amides is 2. The van der Waals surface area contributed by atoms with Gasteiger partial charge in [-0.25, -0.2) is 0 Å². The Morgan fingerprint density at radius 2 is 1.81 bits per heavy atom. The van der Waals surface area contributed by atoms with Crippen molar-refractivity contribution < 1.29 is 14.3 Å². The van der Waals surface area contributed by atoms with Crippen molar-refractivity contribution in [2.45, 2.75) is 26.4 Å². The van der Waals surface area contributed by atoms with Crippen molar-refractivity contribution in [3.05, 3.63) is 77.1 Å². The van der Waals surface area contributed by atoms with Crippen LogP contribution >= 0.6 is 0 Å². The van der Waals surface area contributed by atoms with E-state index >= 15 is 0 Å². The molecule has 7 heteroatoms. The Morgan fingerprint density at radius 1 is 1.10 bits per heavy atom. The fourth-order valence-corrected chi connectivity index (χ4v) is 3.87. The molecule has 3 aromatic rings. The molecule has 2 heterocycles. The molecule has 31 heavy (non-hydrogen) atoms. The third kappa shape index (κ3) is 4.17. The lowest BCUT2D eigenvalue weighted by atomic mass is 10.1. The molecule has 160 valence electrons. The van der Waals surface area contributed by atoms with Crippen molar-refractivity contribution in [3.8, 4) is 5.75 Å². The van der Waals surface area contributed by atoms with Gasteiger partial charge in [0.1, 0.15) is 5.75 Å². The minimum atomic E-state index is -0.785. The molecule has 2 aromatic carbocycles. The summed E-state index contributed by atoms with van der Waals surface area (Å²) in [5.41, 5.74) is 3.82. The molecule has 0 fully saturated rings. The van der Waals surface area contributed by atoms with Gasteiger partial charge in [0.25, 0.3) is 11.8 Å². The fraction of sp³-hybridized carbons (Fsp3) is 0.292. The number of nitrogens with zero attached hydrogens (tertiary/aromatic N) is 3. The quantitative estimate of drug-likeness (QED) is 0.691. The van der Waals surface area contributed by atoms with Gasteiger partial charge >= 0.3 is 0 Å². The van der Waals surface area contributed by atoms with Crippen LogP contribution in [0.15, 0.2) is 54.6 Å².